The third kappa shape index (κ3) is 3.53. The summed E-state index contributed by atoms with van der Waals surface area (Å²) in [4.78, 5) is 19.3. The van der Waals surface area contributed by atoms with E-state index >= 15 is 0 Å². The Labute approximate surface area is 153 Å². The number of hydrogen-bond donors (Lipinski definition) is 1. The van der Waals surface area contributed by atoms with Crippen molar-refractivity contribution < 1.29 is 4.39 Å². The van der Waals surface area contributed by atoms with Crippen molar-refractivity contribution in [1.29, 1.82) is 0 Å². The van der Waals surface area contributed by atoms with Crippen LogP contribution in [0.2, 0.25) is 0 Å². The van der Waals surface area contributed by atoms with Gasteiger partial charge in [-0.2, -0.15) is 0 Å². The van der Waals surface area contributed by atoms with Crippen LogP contribution in [0.4, 0.5) is 10.2 Å². The standard InChI is InChI=1S/C19H25FN6/c1-13-24-12-16(20)19(25-13)26-10-5-15(14-3-8-21-9-4-14)11-17(26)18-22-6-2-7-23-18/h2,6-7,12,14-15,17,21H,3-5,8-11H2,1H3/t15?,17-/m1/s1. The summed E-state index contributed by atoms with van der Waals surface area (Å²) in [7, 11) is 0. The zero-order valence-electron chi connectivity index (χ0n) is 15.1. The first-order valence-corrected chi connectivity index (χ1v) is 9.46. The Kier molecular flexibility index (Phi) is 5.06. The van der Waals surface area contributed by atoms with Gasteiger partial charge in [-0.25, -0.2) is 24.3 Å². The van der Waals surface area contributed by atoms with Gasteiger partial charge in [0.2, 0.25) is 0 Å². The largest absolute Gasteiger partial charge is 0.344 e. The lowest BCUT2D eigenvalue weighted by molar-refractivity contribution is 0.197. The van der Waals surface area contributed by atoms with E-state index in [2.05, 4.69) is 25.3 Å². The quantitative estimate of drug-likeness (QED) is 0.912. The normalized spacial score (nSPS) is 24.6. The second-order valence-electron chi connectivity index (χ2n) is 7.28. The topological polar surface area (TPSA) is 66.8 Å². The average molecular weight is 356 g/mol. The Morgan fingerprint density at radius 1 is 1.08 bits per heavy atom. The molecule has 4 heterocycles. The van der Waals surface area contributed by atoms with Crippen molar-refractivity contribution in [3.63, 3.8) is 0 Å². The third-order valence-electron chi connectivity index (χ3n) is 5.70. The number of piperidine rings is 2. The van der Waals surface area contributed by atoms with Gasteiger partial charge in [0.25, 0.3) is 0 Å². The molecule has 26 heavy (non-hydrogen) atoms. The van der Waals surface area contributed by atoms with E-state index in [-0.39, 0.29) is 11.9 Å². The number of anilines is 1. The molecule has 0 aromatic carbocycles. The predicted molar refractivity (Wildman–Crippen MR) is 97.2 cm³/mol. The number of rotatable bonds is 3. The number of nitrogens with zero attached hydrogens (tertiary/aromatic N) is 5. The highest BCUT2D eigenvalue weighted by Crippen LogP contribution is 2.41. The van der Waals surface area contributed by atoms with Gasteiger partial charge in [0.1, 0.15) is 5.82 Å². The molecule has 6 nitrogen and oxygen atoms in total. The molecular weight excluding hydrogens is 331 g/mol. The van der Waals surface area contributed by atoms with Crippen molar-refractivity contribution in [2.75, 3.05) is 24.5 Å². The molecule has 138 valence electrons. The van der Waals surface area contributed by atoms with E-state index < -0.39 is 0 Å². The zero-order valence-corrected chi connectivity index (χ0v) is 15.1. The van der Waals surface area contributed by atoms with Crippen LogP contribution < -0.4 is 10.2 Å². The first-order valence-electron chi connectivity index (χ1n) is 9.46. The number of aryl methyl sites for hydroxylation is 1. The molecule has 0 radical (unpaired) electrons. The highest BCUT2D eigenvalue weighted by molar-refractivity contribution is 5.42. The molecule has 0 spiro atoms. The molecule has 2 fully saturated rings. The SMILES string of the molecule is Cc1ncc(F)c(N2CCC(C3CCNCC3)C[C@@H]2c2ncccn2)n1. The molecular formula is C19H25FN6. The van der Waals surface area contributed by atoms with Gasteiger partial charge in [0, 0.05) is 18.9 Å². The Bertz CT molecular complexity index is 734. The van der Waals surface area contributed by atoms with Gasteiger partial charge < -0.3 is 10.2 Å². The van der Waals surface area contributed by atoms with E-state index in [1.807, 2.05) is 11.0 Å². The molecule has 1 unspecified atom stereocenters. The van der Waals surface area contributed by atoms with Gasteiger partial charge in [-0.3, -0.25) is 0 Å². The van der Waals surface area contributed by atoms with E-state index in [1.54, 1.807) is 19.3 Å². The lowest BCUT2D eigenvalue weighted by atomic mass is 9.76. The Morgan fingerprint density at radius 3 is 2.62 bits per heavy atom. The van der Waals surface area contributed by atoms with Crippen molar-refractivity contribution in [1.82, 2.24) is 25.3 Å². The van der Waals surface area contributed by atoms with Gasteiger partial charge in [-0.05, 0) is 63.6 Å². The smallest absolute Gasteiger partial charge is 0.183 e. The van der Waals surface area contributed by atoms with Crippen molar-refractivity contribution in [3.05, 3.63) is 42.1 Å². The molecule has 2 aliphatic heterocycles. The Morgan fingerprint density at radius 2 is 1.85 bits per heavy atom. The first kappa shape index (κ1) is 17.3. The monoisotopic (exact) mass is 356 g/mol. The summed E-state index contributed by atoms with van der Waals surface area (Å²) in [6, 6.07) is 1.77. The zero-order chi connectivity index (χ0) is 17.9. The predicted octanol–water partition coefficient (Wildman–Crippen LogP) is 2.67. The molecule has 2 atom stereocenters. The van der Waals surface area contributed by atoms with Gasteiger partial charge in [-0.1, -0.05) is 0 Å². The molecule has 0 amide bonds. The summed E-state index contributed by atoms with van der Waals surface area (Å²) in [5, 5.41) is 3.44. The maximum Gasteiger partial charge on any atom is 0.183 e. The molecule has 1 N–H and O–H groups in total. The van der Waals surface area contributed by atoms with Crippen LogP contribution in [-0.4, -0.2) is 39.6 Å². The van der Waals surface area contributed by atoms with Crippen LogP contribution in [0.5, 0.6) is 0 Å². The van der Waals surface area contributed by atoms with E-state index in [1.165, 1.54) is 19.0 Å². The molecule has 2 aromatic heterocycles. The molecule has 0 aliphatic carbocycles. The summed E-state index contributed by atoms with van der Waals surface area (Å²) in [6.45, 7) is 4.75. The molecule has 4 rings (SSSR count). The van der Waals surface area contributed by atoms with E-state index in [9.17, 15) is 4.39 Å². The molecule has 2 saturated heterocycles. The Balaban J connectivity index is 1.64. The lowest BCUT2D eigenvalue weighted by Gasteiger charge is -2.43. The number of aromatic nitrogens is 4. The van der Waals surface area contributed by atoms with Crippen LogP contribution >= 0.6 is 0 Å². The van der Waals surface area contributed by atoms with Crippen molar-refractivity contribution >= 4 is 5.82 Å². The fraction of sp³-hybridized carbons (Fsp3) is 0.579. The molecule has 0 bridgehead atoms. The first-order chi connectivity index (χ1) is 12.7. The lowest BCUT2D eigenvalue weighted by Crippen LogP contribution is -2.42. The van der Waals surface area contributed by atoms with Crippen LogP contribution in [0.25, 0.3) is 0 Å². The second kappa shape index (κ2) is 7.61. The third-order valence-corrected chi connectivity index (χ3v) is 5.70. The fourth-order valence-electron chi connectivity index (χ4n) is 4.36. The van der Waals surface area contributed by atoms with Crippen LogP contribution in [0.3, 0.4) is 0 Å². The summed E-state index contributed by atoms with van der Waals surface area (Å²) in [5.41, 5.74) is 0. The average Bonchev–Trinajstić information content (AvgIpc) is 2.71. The number of halogens is 1. The van der Waals surface area contributed by atoms with Gasteiger partial charge >= 0.3 is 0 Å². The van der Waals surface area contributed by atoms with Gasteiger partial charge in [0.15, 0.2) is 17.5 Å². The van der Waals surface area contributed by atoms with Crippen molar-refractivity contribution in [2.45, 2.75) is 38.6 Å². The highest BCUT2D eigenvalue weighted by Gasteiger charge is 2.37. The summed E-state index contributed by atoms with van der Waals surface area (Å²) in [5.74, 6) is 2.67. The summed E-state index contributed by atoms with van der Waals surface area (Å²) < 4.78 is 14.5. The van der Waals surface area contributed by atoms with Gasteiger partial charge in [0.05, 0.1) is 12.2 Å². The van der Waals surface area contributed by atoms with E-state index in [0.29, 0.717) is 17.6 Å². The number of nitrogens with one attached hydrogen (secondary N) is 1. The van der Waals surface area contributed by atoms with E-state index in [0.717, 1.165) is 44.2 Å². The molecule has 0 saturated carbocycles. The second-order valence-corrected chi connectivity index (χ2v) is 7.28. The molecule has 7 heteroatoms. The van der Waals surface area contributed by atoms with Crippen LogP contribution in [0.1, 0.15) is 43.4 Å². The van der Waals surface area contributed by atoms with Crippen molar-refractivity contribution in [3.8, 4) is 0 Å². The maximum absolute atomic E-state index is 14.5. The highest BCUT2D eigenvalue weighted by atomic mass is 19.1. The van der Waals surface area contributed by atoms with Crippen LogP contribution in [-0.2, 0) is 0 Å². The minimum Gasteiger partial charge on any atom is -0.344 e. The molecule has 2 aromatic rings. The minimum absolute atomic E-state index is 0.0476. The van der Waals surface area contributed by atoms with Gasteiger partial charge in [-0.15, -0.1) is 0 Å². The Hall–Kier alpha value is -2.15. The summed E-state index contributed by atoms with van der Waals surface area (Å²) >= 11 is 0. The number of hydrogen-bond acceptors (Lipinski definition) is 6. The minimum atomic E-state index is -0.378. The van der Waals surface area contributed by atoms with Crippen LogP contribution in [0, 0.1) is 24.6 Å². The molecule has 2 aliphatic rings. The fourth-order valence-corrected chi connectivity index (χ4v) is 4.36. The van der Waals surface area contributed by atoms with Crippen molar-refractivity contribution in [2.24, 2.45) is 11.8 Å². The maximum atomic E-state index is 14.5. The summed E-state index contributed by atoms with van der Waals surface area (Å²) in [6.07, 6.45) is 9.21. The van der Waals surface area contributed by atoms with Crippen LogP contribution in [0.15, 0.2) is 24.7 Å². The van der Waals surface area contributed by atoms with E-state index in [4.69, 9.17) is 0 Å².